The molecule has 0 atom stereocenters. The van der Waals surface area contributed by atoms with Crippen molar-refractivity contribution in [3.8, 4) is 23.0 Å². The van der Waals surface area contributed by atoms with Crippen LogP contribution in [-0.4, -0.2) is 49.0 Å². The van der Waals surface area contributed by atoms with Crippen LogP contribution in [0.5, 0.6) is 23.0 Å². The quantitative estimate of drug-likeness (QED) is 0.320. The minimum Gasteiger partial charge on any atom is -0.464 e. The maximum atomic E-state index is 13.3. The number of alkyl halides is 3. The van der Waals surface area contributed by atoms with Crippen LogP contribution in [0.3, 0.4) is 0 Å². The van der Waals surface area contributed by atoms with E-state index in [9.17, 15) is 34.8 Å². The molecule has 0 saturated carbocycles. The molecule has 5 rings (SSSR count). The van der Waals surface area contributed by atoms with Crippen LogP contribution in [0.4, 0.5) is 13.2 Å². The van der Waals surface area contributed by atoms with Gasteiger partial charge in [0.1, 0.15) is 4.90 Å². The zero-order chi connectivity index (χ0) is 26.8. The second kappa shape index (κ2) is 8.34. The molecule has 12 nitrogen and oxygen atoms in total. The fourth-order valence-corrected chi connectivity index (χ4v) is 5.80. The summed E-state index contributed by atoms with van der Waals surface area (Å²) in [7, 11) is -10.3. The molecule has 0 saturated heterocycles. The average Bonchev–Trinajstić information content (AvgIpc) is 3.48. The van der Waals surface area contributed by atoms with E-state index in [2.05, 4.69) is 8.92 Å². The topological polar surface area (TPSA) is 153 Å². The van der Waals surface area contributed by atoms with Gasteiger partial charge in [0.15, 0.2) is 34.5 Å². The molecule has 0 aliphatic carbocycles. The molecule has 0 bridgehead atoms. The number of halogens is 3. The summed E-state index contributed by atoms with van der Waals surface area (Å²) in [5, 5.41) is 0. The molecule has 0 spiro atoms. The summed E-state index contributed by atoms with van der Waals surface area (Å²) in [5.74, 6) is -2.12. The van der Waals surface area contributed by atoms with Crippen LogP contribution < -0.4 is 23.7 Å². The van der Waals surface area contributed by atoms with Crippen molar-refractivity contribution in [3.05, 3.63) is 46.7 Å². The van der Waals surface area contributed by atoms with Crippen molar-refractivity contribution in [1.29, 1.82) is 0 Å². The highest BCUT2D eigenvalue weighted by Crippen LogP contribution is 2.48. The van der Waals surface area contributed by atoms with Gasteiger partial charge in [0, 0.05) is 17.5 Å². The Kier molecular flexibility index (Phi) is 5.59. The fourth-order valence-electron chi connectivity index (χ4n) is 3.83. The van der Waals surface area contributed by atoms with Crippen LogP contribution in [0, 0.1) is 0 Å². The summed E-state index contributed by atoms with van der Waals surface area (Å²) in [4.78, 5) is 11.6. The van der Waals surface area contributed by atoms with E-state index in [-0.39, 0.29) is 37.1 Å². The molecule has 3 aliphatic heterocycles. The van der Waals surface area contributed by atoms with E-state index in [4.69, 9.17) is 18.9 Å². The van der Waals surface area contributed by atoms with Gasteiger partial charge in [0.25, 0.3) is 10.0 Å². The molecular formula is C20H14F3NO11S2. The van der Waals surface area contributed by atoms with E-state index in [1.807, 2.05) is 0 Å². The number of benzene rings is 2. The number of nitrogens with one attached hydrogen (secondary N) is 1. The van der Waals surface area contributed by atoms with Crippen molar-refractivity contribution in [3.63, 3.8) is 0 Å². The number of methoxy groups -OCH3 is 1. The summed E-state index contributed by atoms with van der Waals surface area (Å²) in [5.41, 5.74) is -7.41. The number of sulfonamides is 1. The van der Waals surface area contributed by atoms with Gasteiger partial charge < -0.3 is 27.9 Å². The molecule has 0 fully saturated rings. The molecule has 3 aliphatic rings. The molecule has 1 N–H and O–H groups in total. The number of carbonyl (C=O) groups excluding carboxylic acids is 1. The summed E-state index contributed by atoms with van der Waals surface area (Å²) in [6, 6.07) is 5.60. The van der Waals surface area contributed by atoms with Gasteiger partial charge >= 0.3 is 21.6 Å². The summed E-state index contributed by atoms with van der Waals surface area (Å²) in [6.07, 6.45) is -0.195. The minimum atomic E-state index is -6.35. The summed E-state index contributed by atoms with van der Waals surface area (Å²) >= 11 is 0. The standard InChI is InChI=1S/C20H14F3NO11S2/c1-30-19(25)15-17(35-37(28,29)20(21,22)23)11-6-14-16(34-8-33-14)10(18(11)36(26,27)24-15)4-9-2-3-12-13(5-9)32-7-31-12/h2-3,5-6,24H,4,7-8H2,1H3. The smallest absolute Gasteiger partial charge is 0.464 e. The molecule has 17 heteroatoms. The third-order valence-corrected chi connectivity index (χ3v) is 7.80. The van der Waals surface area contributed by atoms with Crippen LogP contribution in [0.25, 0.3) is 5.76 Å². The molecule has 2 aromatic carbocycles. The molecule has 0 unspecified atom stereocenters. The largest absolute Gasteiger partial charge is 0.534 e. The lowest BCUT2D eigenvalue weighted by molar-refractivity contribution is -0.136. The number of rotatable bonds is 5. The Hall–Kier alpha value is -3.86. The molecule has 37 heavy (non-hydrogen) atoms. The highest BCUT2D eigenvalue weighted by molar-refractivity contribution is 7.90. The molecule has 0 aromatic heterocycles. The number of esters is 1. The van der Waals surface area contributed by atoms with Crippen LogP contribution in [0.1, 0.15) is 16.7 Å². The monoisotopic (exact) mass is 565 g/mol. The number of hydrogen-bond donors (Lipinski definition) is 1. The Balaban J connectivity index is 1.75. The minimum absolute atomic E-state index is 0.0281. The van der Waals surface area contributed by atoms with Crippen LogP contribution in [0.15, 0.2) is 34.9 Å². The van der Waals surface area contributed by atoms with Crippen molar-refractivity contribution in [2.45, 2.75) is 16.8 Å². The van der Waals surface area contributed by atoms with Crippen LogP contribution >= 0.6 is 0 Å². The first kappa shape index (κ1) is 24.8. The fraction of sp³-hybridized carbons (Fsp3) is 0.250. The van der Waals surface area contributed by atoms with Gasteiger partial charge in [0.2, 0.25) is 13.6 Å². The molecule has 0 radical (unpaired) electrons. The van der Waals surface area contributed by atoms with Crippen molar-refractivity contribution < 1.29 is 62.7 Å². The predicted octanol–water partition coefficient (Wildman–Crippen LogP) is 1.73. The van der Waals surface area contributed by atoms with Crippen molar-refractivity contribution in [2.75, 3.05) is 20.7 Å². The van der Waals surface area contributed by atoms with E-state index in [1.165, 1.54) is 0 Å². The molecule has 3 heterocycles. The van der Waals surface area contributed by atoms with Crippen molar-refractivity contribution in [1.82, 2.24) is 4.72 Å². The van der Waals surface area contributed by atoms with Crippen LogP contribution in [-0.2, 0) is 40.3 Å². The van der Waals surface area contributed by atoms with Gasteiger partial charge in [-0.05, 0) is 23.8 Å². The van der Waals surface area contributed by atoms with Gasteiger partial charge in [-0.25, -0.2) is 13.2 Å². The molecule has 2 aromatic rings. The summed E-state index contributed by atoms with van der Waals surface area (Å²) in [6.45, 7) is -0.399. The maximum absolute atomic E-state index is 13.3. The van der Waals surface area contributed by atoms with E-state index in [0.29, 0.717) is 17.1 Å². The predicted molar refractivity (Wildman–Crippen MR) is 113 cm³/mol. The van der Waals surface area contributed by atoms with Crippen LogP contribution in [0.2, 0.25) is 0 Å². The van der Waals surface area contributed by atoms with E-state index >= 15 is 0 Å². The first-order valence-corrected chi connectivity index (χ1v) is 12.9. The van der Waals surface area contributed by atoms with Gasteiger partial charge in [-0.1, -0.05) is 6.07 Å². The Labute approximate surface area is 206 Å². The molecule has 0 amide bonds. The lowest BCUT2D eigenvalue weighted by Gasteiger charge is -2.26. The molecular weight excluding hydrogens is 551 g/mol. The van der Waals surface area contributed by atoms with E-state index in [0.717, 1.165) is 13.2 Å². The average molecular weight is 565 g/mol. The number of fused-ring (bicyclic) bond motifs is 3. The van der Waals surface area contributed by atoms with E-state index < -0.39 is 53.5 Å². The number of ether oxygens (including phenoxy) is 5. The Morgan fingerprint density at radius 1 is 1.05 bits per heavy atom. The Bertz CT molecular complexity index is 1580. The summed E-state index contributed by atoms with van der Waals surface area (Å²) < 4.78 is 122. The number of hydrogen-bond acceptors (Lipinski definition) is 11. The lowest BCUT2D eigenvalue weighted by atomic mass is 9.99. The lowest BCUT2D eigenvalue weighted by Crippen LogP contribution is -2.36. The SMILES string of the molecule is COC(=O)C1=C(OS(=O)(=O)C(F)(F)F)c2cc3c(c(Cc4ccc5c(c4)OCO5)c2S(=O)(=O)N1)OCO3. The van der Waals surface area contributed by atoms with Gasteiger partial charge in [-0.2, -0.15) is 21.6 Å². The van der Waals surface area contributed by atoms with Gasteiger partial charge in [-0.15, -0.1) is 0 Å². The van der Waals surface area contributed by atoms with E-state index in [1.54, 1.807) is 22.9 Å². The normalized spacial score (nSPS) is 17.2. The first-order chi connectivity index (χ1) is 17.3. The third-order valence-electron chi connectivity index (χ3n) is 5.37. The first-order valence-electron chi connectivity index (χ1n) is 10.0. The zero-order valence-electron chi connectivity index (χ0n) is 18.4. The highest BCUT2D eigenvalue weighted by atomic mass is 32.2. The maximum Gasteiger partial charge on any atom is 0.534 e. The third kappa shape index (κ3) is 4.12. The van der Waals surface area contributed by atoms with Gasteiger partial charge in [-0.3, -0.25) is 4.72 Å². The van der Waals surface area contributed by atoms with Crippen molar-refractivity contribution >= 4 is 31.9 Å². The highest BCUT2D eigenvalue weighted by Gasteiger charge is 2.51. The zero-order valence-corrected chi connectivity index (χ0v) is 20.0. The van der Waals surface area contributed by atoms with Gasteiger partial charge in [0.05, 0.1) is 7.11 Å². The second-order valence-corrected chi connectivity index (χ2v) is 10.8. The Morgan fingerprint density at radius 3 is 2.43 bits per heavy atom. The second-order valence-electron chi connectivity index (χ2n) is 7.61. The molecule has 198 valence electrons. The Morgan fingerprint density at radius 2 is 1.73 bits per heavy atom. The number of carbonyl (C=O) groups is 1. The van der Waals surface area contributed by atoms with Crippen molar-refractivity contribution in [2.24, 2.45) is 0 Å².